The fourth-order valence-electron chi connectivity index (χ4n) is 3.49. The second kappa shape index (κ2) is 5.88. The molecule has 0 saturated carbocycles. The van der Waals surface area contributed by atoms with Crippen molar-refractivity contribution in [1.82, 2.24) is 14.6 Å². The average Bonchev–Trinajstić information content (AvgIpc) is 2.97. The molecular formula is C19H19N3O3. The number of nitrogens with zero attached hydrogens (tertiary/aromatic N) is 3. The molecule has 0 amide bonds. The van der Waals surface area contributed by atoms with Crippen LogP contribution < -0.4 is 9.47 Å². The molecule has 1 aromatic carbocycles. The molecule has 0 N–H and O–H groups in total. The number of hydrogen-bond donors (Lipinski definition) is 0. The molecule has 6 heteroatoms. The molecule has 0 aliphatic heterocycles. The summed E-state index contributed by atoms with van der Waals surface area (Å²) in [6.45, 7) is 1.96. The molecule has 3 aromatic rings. The third kappa shape index (κ3) is 2.36. The lowest BCUT2D eigenvalue weighted by Gasteiger charge is -2.15. The molecule has 0 spiro atoms. The van der Waals surface area contributed by atoms with Crippen molar-refractivity contribution in [2.24, 2.45) is 0 Å². The molecule has 2 heterocycles. The van der Waals surface area contributed by atoms with Gasteiger partial charge in [-0.15, -0.1) is 0 Å². The number of hydrogen-bond acceptors (Lipinski definition) is 5. The van der Waals surface area contributed by atoms with E-state index >= 15 is 0 Å². The molecule has 0 saturated heterocycles. The molecule has 4 rings (SSSR count). The largest absolute Gasteiger partial charge is 0.493 e. The van der Waals surface area contributed by atoms with E-state index < -0.39 is 0 Å². The van der Waals surface area contributed by atoms with E-state index in [2.05, 4.69) is 10.1 Å². The smallest absolute Gasteiger partial charge is 0.166 e. The molecule has 1 aliphatic rings. The maximum Gasteiger partial charge on any atom is 0.166 e. The summed E-state index contributed by atoms with van der Waals surface area (Å²) in [6, 6.07) is 5.77. The Morgan fingerprint density at radius 3 is 2.68 bits per heavy atom. The number of carbonyl (C=O) groups is 1. The second-order valence-corrected chi connectivity index (χ2v) is 6.16. The number of Topliss-reactive ketones (excluding diaryl/α,β-unsaturated/α-hetero) is 1. The Kier molecular flexibility index (Phi) is 3.67. The first kappa shape index (κ1) is 15.6. The molecule has 0 bridgehead atoms. The van der Waals surface area contributed by atoms with Gasteiger partial charge >= 0.3 is 0 Å². The van der Waals surface area contributed by atoms with Crippen LogP contribution in [0.3, 0.4) is 0 Å². The van der Waals surface area contributed by atoms with E-state index in [1.54, 1.807) is 20.4 Å². The van der Waals surface area contributed by atoms with Crippen molar-refractivity contribution >= 4 is 11.4 Å². The zero-order chi connectivity index (χ0) is 17.6. The summed E-state index contributed by atoms with van der Waals surface area (Å²) >= 11 is 0. The summed E-state index contributed by atoms with van der Waals surface area (Å²) in [7, 11) is 3.23. The Bertz CT molecular complexity index is 991. The third-order valence-corrected chi connectivity index (χ3v) is 4.71. The van der Waals surface area contributed by atoms with Crippen LogP contribution in [0.5, 0.6) is 11.5 Å². The summed E-state index contributed by atoms with van der Waals surface area (Å²) in [5.74, 6) is 1.49. The highest BCUT2D eigenvalue weighted by Gasteiger charge is 2.24. The van der Waals surface area contributed by atoms with Crippen molar-refractivity contribution in [2.75, 3.05) is 14.2 Å². The quantitative estimate of drug-likeness (QED) is 0.734. The minimum atomic E-state index is 0.150. The summed E-state index contributed by atoms with van der Waals surface area (Å²) in [5, 5.41) is 4.67. The monoisotopic (exact) mass is 337 g/mol. The second-order valence-electron chi connectivity index (χ2n) is 6.16. The summed E-state index contributed by atoms with van der Waals surface area (Å²) in [4.78, 5) is 16.7. The van der Waals surface area contributed by atoms with Crippen LogP contribution in [0.4, 0.5) is 0 Å². The highest BCUT2D eigenvalue weighted by atomic mass is 16.5. The van der Waals surface area contributed by atoms with Crippen LogP contribution in [-0.4, -0.2) is 34.6 Å². The fraction of sp³-hybridized carbons (Fsp3) is 0.316. The van der Waals surface area contributed by atoms with Gasteiger partial charge in [0.25, 0.3) is 0 Å². The molecule has 0 atom stereocenters. The van der Waals surface area contributed by atoms with E-state index in [-0.39, 0.29) is 5.78 Å². The number of rotatable bonds is 3. The van der Waals surface area contributed by atoms with Crippen molar-refractivity contribution in [3.05, 3.63) is 41.3 Å². The van der Waals surface area contributed by atoms with Crippen LogP contribution >= 0.6 is 0 Å². The summed E-state index contributed by atoms with van der Waals surface area (Å²) < 4.78 is 12.6. The number of ketones is 1. The molecule has 2 aromatic heterocycles. The van der Waals surface area contributed by atoms with Crippen molar-refractivity contribution < 1.29 is 14.3 Å². The fourth-order valence-corrected chi connectivity index (χ4v) is 3.49. The van der Waals surface area contributed by atoms with Gasteiger partial charge in [-0.05, 0) is 37.5 Å². The lowest BCUT2D eigenvalue weighted by Crippen LogP contribution is -2.16. The molecule has 25 heavy (non-hydrogen) atoms. The molecular weight excluding hydrogens is 318 g/mol. The van der Waals surface area contributed by atoms with Gasteiger partial charge in [-0.2, -0.15) is 5.10 Å². The first-order valence-corrected chi connectivity index (χ1v) is 8.27. The number of aryl methyl sites for hydroxylation is 2. The van der Waals surface area contributed by atoms with E-state index in [1.807, 2.05) is 29.6 Å². The van der Waals surface area contributed by atoms with Crippen LogP contribution in [0.25, 0.3) is 16.8 Å². The Labute approximate surface area is 145 Å². The maximum atomic E-state index is 12.1. The topological polar surface area (TPSA) is 65.7 Å². The van der Waals surface area contributed by atoms with Gasteiger partial charge < -0.3 is 9.47 Å². The molecule has 0 fully saturated rings. The van der Waals surface area contributed by atoms with E-state index in [4.69, 9.17) is 9.47 Å². The predicted molar refractivity (Wildman–Crippen MR) is 93.5 cm³/mol. The van der Waals surface area contributed by atoms with Crippen molar-refractivity contribution in [3.8, 4) is 22.6 Å². The van der Waals surface area contributed by atoms with Gasteiger partial charge in [0.1, 0.15) is 0 Å². The Morgan fingerprint density at radius 1 is 1.12 bits per heavy atom. The normalized spacial score (nSPS) is 13.8. The van der Waals surface area contributed by atoms with Gasteiger partial charge in [0, 0.05) is 18.2 Å². The number of benzene rings is 1. The van der Waals surface area contributed by atoms with Crippen LogP contribution in [0.2, 0.25) is 0 Å². The molecule has 0 unspecified atom stereocenters. The van der Waals surface area contributed by atoms with Gasteiger partial charge in [0.2, 0.25) is 0 Å². The predicted octanol–water partition coefficient (Wildman–Crippen LogP) is 3.24. The third-order valence-electron chi connectivity index (χ3n) is 4.71. The molecule has 0 radical (unpaired) electrons. The average molecular weight is 337 g/mol. The highest BCUT2D eigenvalue weighted by molar-refractivity contribution is 5.98. The van der Waals surface area contributed by atoms with E-state index in [9.17, 15) is 4.79 Å². The highest BCUT2D eigenvalue weighted by Crippen LogP contribution is 2.36. The zero-order valence-electron chi connectivity index (χ0n) is 14.5. The summed E-state index contributed by atoms with van der Waals surface area (Å²) in [5.41, 5.74) is 5.18. The van der Waals surface area contributed by atoms with E-state index in [0.717, 1.165) is 41.0 Å². The maximum absolute atomic E-state index is 12.1. The molecule has 1 aliphatic carbocycles. The molecule has 6 nitrogen and oxygen atoms in total. The number of ether oxygens (including phenoxy) is 2. The van der Waals surface area contributed by atoms with E-state index in [1.165, 1.54) is 0 Å². The molecule has 128 valence electrons. The van der Waals surface area contributed by atoms with Crippen molar-refractivity contribution in [1.29, 1.82) is 0 Å². The SMILES string of the molecule is COc1ccc(-c2c(C)nn3c4c(cnc23)C(=O)CCC4)cc1OC. The van der Waals surface area contributed by atoms with Crippen molar-refractivity contribution in [3.63, 3.8) is 0 Å². The van der Waals surface area contributed by atoms with E-state index in [0.29, 0.717) is 23.5 Å². The van der Waals surface area contributed by atoms with Crippen LogP contribution in [-0.2, 0) is 6.42 Å². The minimum absolute atomic E-state index is 0.150. The Hall–Kier alpha value is -2.89. The number of aromatic nitrogens is 3. The van der Waals surface area contributed by atoms with Crippen LogP contribution in [0, 0.1) is 6.92 Å². The first-order valence-electron chi connectivity index (χ1n) is 8.27. The van der Waals surface area contributed by atoms with Crippen molar-refractivity contribution in [2.45, 2.75) is 26.2 Å². The number of fused-ring (bicyclic) bond motifs is 3. The summed E-state index contributed by atoms with van der Waals surface area (Å²) in [6.07, 6.45) is 3.97. The lowest BCUT2D eigenvalue weighted by molar-refractivity contribution is 0.0970. The Balaban J connectivity index is 1.94. The van der Waals surface area contributed by atoms with Gasteiger partial charge in [0.05, 0.1) is 31.2 Å². The van der Waals surface area contributed by atoms with Crippen LogP contribution in [0.1, 0.15) is 34.6 Å². The van der Waals surface area contributed by atoms with Gasteiger partial charge in [0.15, 0.2) is 22.9 Å². The van der Waals surface area contributed by atoms with Crippen LogP contribution in [0.15, 0.2) is 24.4 Å². The number of methoxy groups -OCH3 is 2. The lowest BCUT2D eigenvalue weighted by atomic mass is 9.96. The van der Waals surface area contributed by atoms with Gasteiger partial charge in [-0.3, -0.25) is 4.79 Å². The Morgan fingerprint density at radius 2 is 1.92 bits per heavy atom. The minimum Gasteiger partial charge on any atom is -0.493 e. The first-order chi connectivity index (χ1) is 12.1. The zero-order valence-corrected chi connectivity index (χ0v) is 14.5. The number of carbonyl (C=O) groups excluding carboxylic acids is 1. The standard InChI is InChI=1S/C19H19N3O3/c1-11-18(12-7-8-16(24-2)17(9-12)25-3)19-20-10-13-14(22(19)21-11)5-4-6-15(13)23/h7-10H,4-6H2,1-3H3. The van der Waals surface area contributed by atoms with Gasteiger partial charge in [-0.25, -0.2) is 9.50 Å². The van der Waals surface area contributed by atoms with Gasteiger partial charge in [-0.1, -0.05) is 6.07 Å².